The molecular formula is C17H13N3O2S3. The fourth-order valence-corrected chi connectivity index (χ4v) is 4.93. The number of hydrogen-bond donors (Lipinski definition) is 2. The Labute approximate surface area is 156 Å². The van der Waals surface area contributed by atoms with E-state index in [0.29, 0.717) is 22.0 Å². The van der Waals surface area contributed by atoms with Gasteiger partial charge in [0.05, 0.1) is 17.1 Å². The number of fused-ring (bicyclic) bond motifs is 1. The predicted molar refractivity (Wildman–Crippen MR) is 104 cm³/mol. The van der Waals surface area contributed by atoms with E-state index >= 15 is 0 Å². The van der Waals surface area contributed by atoms with Crippen LogP contribution < -0.4 is 10.6 Å². The molecular weight excluding hydrogens is 374 g/mol. The zero-order chi connectivity index (χ0) is 17.4. The van der Waals surface area contributed by atoms with Crippen LogP contribution in [0.5, 0.6) is 0 Å². The highest BCUT2D eigenvalue weighted by atomic mass is 32.2. The summed E-state index contributed by atoms with van der Waals surface area (Å²) in [6.45, 7) is 1.84. The van der Waals surface area contributed by atoms with Crippen LogP contribution in [0.4, 0.5) is 11.4 Å². The van der Waals surface area contributed by atoms with E-state index in [4.69, 9.17) is 0 Å². The van der Waals surface area contributed by atoms with Crippen LogP contribution in [0.25, 0.3) is 10.6 Å². The standard InChI is InChI=1S/C17H13N3O2S3/c1-9-15(25-17(18-9)10-4-5-23-7-10)16(22)19-11-2-3-13-12(6-11)20-14(21)8-24-13/h2-7H,8H2,1H3,(H,19,22)(H,20,21). The highest BCUT2D eigenvalue weighted by Crippen LogP contribution is 2.34. The van der Waals surface area contributed by atoms with Crippen molar-refractivity contribution in [2.24, 2.45) is 0 Å². The van der Waals surface area contributed by atoms with Crippen LogP contribution in [0.3, 0.4) is 0 Å². The lowest BCUT2D eigenvalue weighted by molar-refractivity contribution is -0.113. The van der Waals surface area contributed by atoms with E-state index in [1.54, 1.807) is 17.4 Å². The summed E-state index contributed by atoms with van der Waals surface area (Å²) >= 11 is 4.48. The maximum Gasteiger partial charge on any atom is 0.267 e. The van der Waals surface area contributed by atoms with Gasteiger partial charge in [-0.05, 0) is 36.6 Å². The number of carbonyl (C=O) groups excluding carboxylic acids is 2. The van der Waals surface area contributed by atoms with Crippen LogP contribution in [0.15, 0.2) is 39.9 Å². The quantitative estimate of drug-likeness (QED) is 0.695. The van der Waals surface area contributed by atoms with Crippen molar-refractivity contribution < 1.29 is 9.59 Å². The van der Waals surface area contributed by atoms with Crippen LogP contribution in [0, 0.1) is 6.92 Å². The lowest BCUT2D eigenvalue weighted by Crippen LogP contribution is -2.19. The first-order valence-corrected chi connectivity index (χ1v) is 10.2. The summed E-state index contributed by atoms with van der Waals surface area (Å²) in [7, 11) is 0. The van der Waals surface area contributed by atoms with Crippen molar-refractivity contribution in [3.63, 3.8) is 0 Å². The highest BCUT2D eigenvalue weighted by molar-refractivity contribution is 8.00. The van der Waals surface area contributed by atoms with Crippen molar-refractivity contribution in [1.82, 2.24) is 4.98 Å². The van der Waals surface area contributed by atoms with Gasteiger partial charge in [0.1, 0.15) is 9.88 Å². The number of carbonyl (C=O) groups is 2. The van der Waals surface area contributed by atoms with Gasteiger partial charge >= 0.3 is 0 Å². The summed E-state index contributed by atoms with van der Waals surface area (Å²) in [6, 6.07) is 7.53. The van der Waals surface area contributed by atoms with Gasteiger partial charge in [-0.1, -0.05) is 0 Å². The van der Waals surface area contributed by atoms with Crippen LogP contribution >= 0.6 is 34.4 Å². The number of amides is 2. The summed E-state index contributed by atoms with van der Waals surface area (Å²) in [5, 5.41) is 10.6. The van der Waals surface area contributed by atoms with E-state index in [2.05, 4.69) is 15.6 Å². The minimum atomic E-state index is -0.189. The number of rotatable bonds is 3. The molecule has 2 amide bonds. The molecule has 0 saturated heterocycles. The number of aryl methyl sites for hydroxylation is 1. The number of thiophene rings is 1. The molecule has 3 heterocycles. The molecule has 8 heteroatoms. The predicted octanol–water partition coefficient (Wildman–Crippen LogP) is 4.48. The van der Waals surface area contributed by atoms with E-state index in [9.17, 15) is 9.59 Å². The molecule has 0 aliphatic carbocycles. The maximum absolute atomic E-state index is 12.6. The van der Waals surface area contributed by atoms with Crippen LogP contribution in [-0.4, -0.2) is 22.6 Å². The van der Waals surface area contributed by atoms with Gasteiger partial charge < -0.3 is 10.6 Å². The number of nitrogens with one attached hydrogen (secondary N) is 2. The van der Waals surface area contributed by atoms with Gasteiger partial charge in [-0.25, -0.2) is 4.98 Å². The number of thioether (sulfide) groups is 1. The smallest absolute Gasteiger partial charge is 0.267 e. The topological polar surface area (TPSA) is 71.1 Å². The minimum Gasteiger partial charge on any atom is -0.324 e. The third-order valence-corrected chi connectivity index (χ3v) is 6.60. The van der Waals surface area contributed by atoms with Gasteiger partial charge in [0.15, 0.2) is 0 Å². The molecule has 126 valence electrons. The van der Waals surface area contributed by atoms with Crippen LogP contribution in [-0.2, 0) is 4.79 Å². The largest absolute Gasteiger partial charge is 0.324 e. The van der Waals surface area contributed by atoms with Gasteiger partial charge in [0.25, 0.3) is 5.91 Å². The molecule has 0 bridgehead atoms. The first-order valence-electron chi connectivity index (χ1n) is 7.48. The third kappa shape index (κ3) is 3.33. The van der Waals surface area contributed by atoms with Gasteiger partial charge in [-0.2, -0.15) is 11.3 Å². The summed E-state index contributed by atoms with van der Waals surface area (Å²) in [5.41, 5.74) is 3.13. The number of nitrogens with zero attached hydrogens (tertiary/aromatic N) is 1. The minimum absolute atomic E-state index is 0.0281. The van der Waals surface area contributed by atoms with Gasteiger partial charge in [-0.15, -0.1) is 23.1 Å². The number of thiazole rings is 1. The molecule has 2 N–H and O–H groups in total. The molecule has 25 heavy (non-hydrogen) atoms. The second-order valence-corrected chi connectivity index (χ2v) is 8.24. The fourth-order valence-electron chi connectivity index (χ4n) is 2.47. The second kappa shape index (κ2) is 6.62. The lowest BCUT2D eigenvalue weighted by atomic mass is 10.2. The highest BCUT2D eigenvalue weighted by Gasteiger charge is 2.19. The van der Waals surface area contributed by atoms with Gasteiger partial charge in [-0.3, -0.25) is 9.59 Å². The number of anilines is 2. The Morgan fingerprint density at radius 1 is 1.32 bits per heavy atom. The van der Waals surface area contributed by atoms with E-state index < -0.39 is 0 Å². The Bertz CT molecular complexity index is 964. The number of aromatic nitrogens is 1. The van der Waals surface area contributed by atoms with Crippen molar-refractivity contribution in [2.75, 3.05) is 16.4 Å². The summed E-state index contributed by atoms with van der Waals surface area (Å²) < 4.78 is 0. The molecule has 0 fully saturated rings. The average molecular weight is 388 g/mol. The monoisotopic (exact) mass is 387 g/mol. The molecule has 0 radical (unpaired) electrons. The van der Waals surface area contributed by atoms with Crippen LogP contribution in [0.2, 0.25) is 0 Å². The Balaban J connectivity index is 1.56. The SMILES string of the molecule is Cc1nc(-c2ccsc2)sc1C(=O)Nc1ccc2c(c1)NC(=O)CS2. The lowest BCUT2D eigenvalue weighted by Gasteiger charge is -2.17. The van der Waals surface area contributed by atoms with E-state index in [-0.39, 0.29) is 11.8 Å². The van der Waals surface area contributed by atoms with Crippen molar-refractivity contribution >= 4 is 57.6 Å². The van der Waals surface area contributed by atoms with Crippen molar-refractivity contribution in [1.29, 1.82) is 0 Å². The molecule has 0 spiro atoms. The Morgan fingerprint density at radius 3 is 3.00 bits per heavy atom. The first kappa shape index (κ1) is 16.3. The van der Waals surface area contributed by atoms with Gasteiger partial charge in [0.2, 0.25) is 5.91 Å². The zero-order valence-corrected chi connectivity index (χ0v) is 15.6. The normalized spacial score (nSPS) is 13.2. The maximum atomic E-state index is 12.6. The Kier molecular flexibility index (Phi) is 4.32. The summed E-state index contributed by atoms with van der Waals surface area (Å²) in [4.78, 5) is 30.2. The number of benzene rings is 1. The second-order valence-electron chi connectivity index (χ2n) is 5.45. The summed E-state index contributed by atoms with van der Waals surface area (Å²) in [5.74, 6) is 0.204. The van der Waals surface area contributed by atoms with Crippen LogP contribution in [0.1, 0.15) is 15.4 Å². The molecule has 0 unspecified atom stereocenters. The molecule has 1 aliphatic rings. The average Bonchev–Trinajstić information content (AvgIpc) is 3.23. The third-order valence-electron chi connectivity index (χ3n) is 3.64. The van der Waals surface area contributed by atoms with Gasteiger partial charge in [0, 0.05) is 21.5 Å². The Morgan fingerprint density at radius 2 is 2.20 bits per heavy atom. The molecule has 4 rings (SSSR count). The van der Waals surface area contributed by atoms with E-state index in [1.807, 2.05) is 35.9 Å². The van der Waals surface area contributed by atoms with Crippen molar-refractivity contribution in [3.8, 4) is 10.6 Å². The van der Waals surface area contributed by atoms with E-state index in [0.717, 1.165) is 21.2 Å². The molecule has 1 aliphatic heterocycles. The molecule has 1 aromatic carbocycles. The van der Waals surface area contributed by atoms with E-state index in [1.165, 1.54) is 23.1 Å². The molecule has 0 atom stereocenters. The van der Waals surface area contributed by atoms with Crippen molar-refractivity contribution in [3.05, 3.63) is 45.6 Å². The fraction of sp³-hybridized carbons (Fsp3) is 0.118. The Hall–Kier alpha value is -2.16. The molecule has 3 aromatic rings. The summed E-state index contributed by atoms with van der Waals surface area (Å²) in [6.07, 6.45) is 0. The number of hydrogen-bond acceptors (Lipinski definition) is 6. The molecule has 2 aromatic heterocycles. The van der Waals surface area contributed by atoms with Crippen molar-refractivity contribution in [2.45, 2.75) is 11.8 Å². The zero-order valence-electron chi connectivity index (χ0n) is 13.2. The molecule has 0 saturated carbocycles. The molecule has 5 nitrogen and oxygen atoms in total. The first-order chi connectivity index (χ1) is 12.1.